The first-order chi connectivity index (χ1) is 20.9. The summed E-state index contributed by atoms with van der Waals surface area (Å²) < 4.78 is 33.6. The van der Waals surface area contributed by atoms with E-state index in [9.17, 15) is 18.0 Å². The van der Waals surface area contributed by atoms with Gasteiger partial charge < -0.3 is 15.0 Å². The molecule has 0 spiro atoms. The molecule has 44 heavy (non-hydrogen) atoms. The second-order valence-corrected chi connectivity index (χ2v) is 13.8. The van der Waals surface area contributed by atoms with Gasteiger partial charge >= 0.3 is 6.03 Å². The maximum Gasteiger partial charge on any atom is 0.326 e. The summed E-state index contributed by atoms with van der Waals surface area (Å²) in [7, 11) is -1.20. The van der Waals surface area contributed by atoms with Gasteiger partial charge in [-0.25, -0.2) is 17.5 Å². The van der Waals surface area contributed by atoms with E-state index in [0.717, 1.165) is 15.4 Å². The number of amides is 3. The molecule has 0 aliphatic carbocycles. The molecule has 0 aromatic heterocycles. The second kappa shape index (κ2) is 12.9. The molecule has 232 valence electrons. The van der Waals surface area contributed by atoms with E-state index in [1.54, 1.807) is 31.2 Å². The first-order valence-corrected chi connectivity index (χ1v) is 16.3. The smallest absolute Gasteiger partial charge is 0.326 e. The average molecular weight is 679 g/mol. The normalized spacial score (nSPS) is 18.8. The molecule has 2 heterocycles. The summed E-state index contributed by atoms with van der Waals surface area (Å²) >= 11 is 19.0. The zero-order chi connectivity index (χ0) is 31.8. The lowest BCUT2D eigenvalue weighted by Crippen LogP contribution is -2.55. The summed E-state index contributed by atoms with van der Waals surface area (Å²) in [6.07, 6.45) is 0. The summed E-state index contributed by atoms with van der Waals surface area (Å²) in [5.41, 5.74) is 1.73. The number of hydrogen-bond acceptors (Lipinski definition) is 6. The average Bonchev–Trinajstić information content (AvgIpc) is 3.38. The van der Waals surface area contributed by atoms with E-state index in [1.807, 2.05) is 24.3 Å². The Kier molecular flexibility index (Phi) is 9.43. The molecular formula is C30H30Cl3N5O5S. The van der Waals surface area contributed by atoms with Gasteiger partial charge in [0.1, 0.15) is 29.1 Å². The van der Waals surface area contributed by atoms with Crippen LogP contribution in [0.4, 0.5) is 4.79 Å². The maximum absolute atomic E-state index is 14.5. The van der Waals surface area contributed by atoms with Gasteiger partial charge in [-0.3, -0.25) is 14.7 Å². The highest BCUT2D eigenvalue weighted by Gasteiger charge is 2.45. The zero-order valence-corrected chi connectivity index (χ0v) is 27.2. The van der Waals surface area contributed by atoms with Crippen molar-refractivity contribution >= 4 is 62.6 Å². The molecule has 10 nitrogen and oxygen atoms in total. The summed E-state index contributed by atoms with van der Waals surface area (Å²) in [5, 5.41) is 3.74. The van der Waals surface area contributed by atoms with E-state index in [-0.39, 0.29) is 59.2 Å². The molecule has 5 rings (SSSR count). The third kappa shape index (κ3) is 6.25. The summed E-state index contributed by atoms with van der Waals surface area (Å²) in [6, 6.07) is 15.2. The zero-order valence-electron chi connectivity index (χ0n) is 24.1. The summed E-state index contributed by atoms with van der Waals surface area (Å²) in [5.74, 6) is 0.117. The Balaban J connectivity index is 1.78. The number of nitrogens with one attached hydrogen (secondary N) is 1. The Morgan fingerprint density at radius 1 is 1.02 bits per heavy atom. The van der Waals surface area contributed by atoms with Crippen LogP contribution >= 0.6 is 34.8 Å². The van der Waals surface area contributed by atoms with Crippen LogP contribution in [0.5, 0.6) is 5.75 Å². The second-order valence-electron chi connectivity index (χ2n) is 10.4. The minimum atomic E-state index is -4.00. The van der Waals surface area contributed by atoms with Crippen LogP contribution in [0.15, 0.2) is 70.6 Å². The van der Waals surface area contributed by atoms with E-state index < -0.39 is 28.1 Å². The number of nitrogens with zero attached hydrogens (tertiary/aromatic N) is 4. The molecule has 1 fully saturated rings. The number of rotatable bonds is 7. The molecule has 2 aliphatic rings. The number of hydrogen-bond donors (Lipinski definition) is 1. The van der Waals surface area contributed by atoms with Gasteiger partial charge in [-0.05, 0) is 48.4 Å². The highest BCUT2D eigenvalue weighted by molar-refractivity contribution is 7.89. The number of carbonyl (C=O) groups is 2. The van der Waals surface area contributed by atoms with Crippen molar-refractivity contribution in [1.29, 1.82) is 0 Å². The minimum Gasteiger partial charge on any atom is -0.493 e. The molecule has 2 atom stereocenters. The van der Waals surface area contributed by atoms with Crippen molar-refractivity contribution in [1.82, 2.24) is 19.4 Å². The Bertz CT molecular complexity index is 1720. The molecule has 2 aliphatic heterocycles. The molecule has 0 radical (unpaired) electrons. The largest absolute Gasteiger partial charge is 0.493 e. The van der Waals surface area contributed by atoms with Crippen LogP contribution in [0.3, 0.4) is 0 Å². The highest BCUT2D eigenvalue weighted by atomic mass is 35.5. The van der Waals surface area contributed by atoms with Gasteiger partial charge in [0, 0.05) is 43.3 Å². The SMILES string of the molecule is CCOc1cc(Cl)c(S(=O)(=O)N(C)C)cc1C1=NC(c2ccc(Cl)cc2)C(c2ccc(Cl)cc2)N1C(=O)N1CCNC(=O)C1. The molecule has 14 heteroatoms. The summed E-state index contributed by atoms with van der Waals surface area (Å²) in [4.78, 5) is 34.7. The van der Waals surface area contributed by atoms with Crippen LogP contribution in [-0.4, -0.2) is 80.6 Å². The lowest BCUT2D eigenvalue weighted by Gasteiger charge is -2.36. The molecular weight excluding hydrogens is 649 g/mol. The van der Waals surface area contributed by atoms with Crippen LogP contribution in [0.25, 0.3) is 0 Å². The van der Waals surface area contributed by atoms with Gasteiger partial charge in [0.05, 0.1) is 23.2 Å². The number of ether oxygens (including phenoxy) is 1. The van der Waals surface area contributed by atoms with E-state index in [0.29, 0.717) is 10.0 Å². The Morgan fingerprint density at radius 2 is 1.64 bits per heavy atom. The van der Waals surface area contributed by atoms with Crippen LogP contribution in [0.2, 0.25) is 15.1 Å². The number of halogens is 3. The molecule has 3 amide bonds. The van der Waals surface area contributed by atoms with Crippen molar-refractivity contribution in [2.75, 3.05) is 40.3 Å². The molecule has 2 unspecified atom stereocenters. The number of urea groups is 1. The van der Waals surface area contributed by atoms with Crippen LogP contribution in [-0.2, 0) is 14.8 Å². The quantitative estimate of drug-likeness (QED) is 0.360. The minimum absolute atomic E-state index is 0.0430. The Hall–Kier alpha value is -3.35. The predicted octanol–water partition coefficient (Wildman–Crippen LogP) is 5.39. The van der Waals surface area contributed by atoms with Crippen LogP contribution < -0.4 is 10.1 Å². The predicted molar refractivity (Wildman–Crippen MR) is 170 cm³/mol. The topological polar surface area (TPSA) is 112 Å². The number of benzene rings is 3. The number of sulfonamides is 1. The number of aliphatic imine (C=N–C) groups is 1. The summed E-state index contributed by atoms with van der Waals surface area (Å²) in [6.45, 7) is 2.42. The van der Waals surface area contributed by atoms with Crippen molar-refractivity contribution in [3.05, 3.63) is 92.4 Å². The fourth-order valence-electron chi connectivity index (χ4n) is 5.19. The Labute approximate surface area is 271 Å². The molecule has 3 aromatic carbocycles. The van der Waals surface area contributed by atoms with Crippen molar-refractivity contribution in [2.24, 2.45) is 4.99 Å². The standard InChI is InChI=1S/C30H30Cl3N5O5S/c1-4-43-24-16-23(33)25(44(41,42)36(2)3)15-22(24)29-35-27(18-5-9-20(31)10-6-18)28(19-7-11-21(32)12-8-19)38(29)30(40)37-14-13-34-26(39)17-37/h5-12,15-16,27-28H,4,13-14,17H2,1-3H3,(H,34,39). The van der Waals surface area contributed by atoms with Gasteiger partial charge in [-0.1, -0.05) is 59.1 Å². The first-order valence-electron chi connectivity index (χ1n) is 13.7. The van der Waals surface area contributed by atoms with Gasteiger partial charge in [-0.2, -0.15) is 0 Å². The fraction of sp³-hybridized carbons (Fsp3) is 0.300. The van der Waals surface area contributed by atoms with Gasteiger partial charge in [0.25, 0.3) is 0 Å². The van der Waals surface area contributed by atoms with E-state index >= 15 is 0 Å². The van der Waals surface area contributed by atoms with E-state index in [2.05, 4.69) is 5.32 Å². The van der Waals surface area contributed by atoms with E-state index in [4.69, 9.17) is 44.5 Å². The highest BCUT2D eigenvalue weighted by Crippen LogP contribution is 2.46. The monoisotopic (exact) mass is 677 g/mol. The lowest BCUT2D eigenvalue weighted by atomic mass is 9.93. The third-order valence-corrected chi connectivity index (χ3v) is 10.1. The molecule has 0 bridgehead atoms. The molecule has 1 N–H and O–H groups in total. The molecule has 3 aromatic rings. The third-order valence-electron chi connectivity index (χ3n) is 7.34. The fourth-order valence-corrected chi connectivity index (χ4v) is 6.85. The van der Waals surface area contributed by atoms with Crippen LogP contribution in [0, 0.1) is 0 Å². The first kappa shape index (κ1) is 32.1. The molecule has 1 saturated heterocycles. The number of amidine groups is 1. The van der Waals surface area contributed by atoms with Crippen molar-refractivity contribution in [3.8, 4) is 5.75 Å². The van der Waals surface area contributed by atoms with Crippen molar-refractivity contribution < 1.29 is 22.7 Å². The Morgan fingerprint density at radius 3 is 2.20 bits per heavy atom. The van der Waals surface area contributed by atoms with Gasteiger partial charge in [0.15, 0.2) is 0 Å². The van der Waals surface area contributed by atoms with Gasteiger partial charge in [-0.15, -0.1) is 0 Å². The lowest BCUT2D eigenvalue weighted by molar-refractivity contribution is -0.123. The van der Waals surface area contributed by atoms with E-state index in [1.165, 1.54) is 36.0 Å². The van der Waals surface area contributed by atoms with Crippen molar-refractivity contribution in [2.45, 2.75) is 23.9 Å². The van der Waals surface area contributed by atoms with Crippen molar-refractivity contribution in [3.63, 3.8) is 0 Å². The number of piperazine rings is 1. The number of carbonyl (C=O) groups excluding carboxylic acids is 2. The molecule has 0 saturated carbocycles. The van der Waals surface area contributed by atoms with Gasteiger partial charge in [0.2, 0.25) is 15.9 Å². The van der Waals surface area contributed by atoms with Crippen LogP contribution in [0.1, 0.15) is 35.7 Å². The maximum atomic E-state index is 14.5.